The Bertz CT molecular complexity index is 1100. The summed E-state index contributed by atoms with van der Waals surface area (Å²) in [6, 6.07) is 23.1. The van der Waals surface area contributed by atoms with E-state index < -0.39 is 19.8 Å². The Hall–Kier alpha value is -1.80. The van der Waals surface area contributed by atoms with Crippen LogP contribution in [0.4, 0.5) is 0 Å². The molecule has 28 heavy (non-hydrogen) atoms. The fourth-order valence-corrected chi connectivity index (χ4v) is 7.29. The average molecular weight is 470 g/mol. The Morgan fingerprint density at radius 1 is 0.786 bits per heavy atom. The second-order valence-corrected chi connectivity index (χ2v) is 15.8. The topological polar surface area (TPSA) is 0 Å². The molecule has 2 aliphatic carbocycles. The van der Waals surface area contributed by atoms with Gasteiger partial charge in [-0.1, -0.05) is 0 Å². The second-order valence-electron chi connectivity index (χ2n) is 8.45. The minimum atomic E-state index is -1.27. The molecular weight excluding hydrogens is 443 g/mol. The van der Waals surface area contributed by atoms with E-state index in [4.69, 9.17) is 0 Å². The van der Waals surface area contributed by atoms with E-state index >= 15 is 0 Å². The summed E-state index contributed by atoms with van der Waals surface area (Å²) in [6.45, 7) is 0. The predicted octanol–water partition coefficient (Wildman–Crippen LogP) is 6.77. The summed E-state index contributed by atoms with van der Waals surface area (Å²) in [7, 11) is 0. The van der Waals surface area contributed by atoms with Gasteiger partial charge in [-0.05, 0) is 0 Å². The van der Waals surface area contributed by atoms with Gasteiger partial charge < -0.3 is 0 Å². The molecule has 0 atom stereocenters. The monoisotopic (exact) mass is 471 g/mol. The van der Waals surface area contributed by atoms with Crippen molar-refractivity contribution in [1.82, 2.24) is 0 Å². The molecule has 0 bridgehead atoms. The van der Waals surface area contributed by atoms with Gasteiger partial charge in [-0.15, -0.1) is 0 Å². The first-order valence-electron chi connectivity index (χ1n) is 10.6. The predicted molar refractivity (Wildman–Crippen MR) is 125 cm³/mol. The molecule has 3 aromatic rings. The van der Waals surface area contributed by atoms with E-state index in [9.17, 15) is 0 Å². The van der Waals surface area contributed by atoms with Gasteiger partial charge in [0.15, 0.2) is 0 Å². The first kappa shape index (κ1) is 18.2. The van der Waals surface area contributed by atoms with Crippen molar-refractivity contribution < 1.29 is 0 Å². The molecule has 1 heteroatoms. The minimum absolute atomic E-state index is 1.07. The van der Waals surface area contributed by atoms with Crippen LogP contribution < -0.4 is 3.58 Å². The van der Waals surface area contributed by atoms with E-state index in [0.29, 0.717) is 0 Å². The molecule has 0 heterocycles. The van der Waals surface area contributed by atoms with Crippen LogP contribution in [-0.2, 0) is 6.42 Å². The zero-order valence-corrected chi connectivity index (χ0v) is 19.7. The normalized spacial score (nSPS) is 17.9. The van der Waals surface area contributed by atoms with Crippen molar-refractivity contribution in [2.75, 3.05) is 0 Å². The van der Waals surface area contributed by atoms with Crippen LogP contribution in [0.2, 0.25) is 9.88 Å². The molecular formula is C27H27Sn. The third-order valence-corrected chi connectivity index (χ3v) is 10.7. The van der Waals surface area contributed by atoms with Gasteiger partial charge in [0.1, 0.15) is 0 Å². The van der Waals surface area contributed by atoms with Gasteiger partial charge in [0, 0.05) is 0 Å². The summed E-state index contributed by atoms with van der Waals surface area (Å²) in [5.74, 6) is 0. The molecule has 0 spiro atoms. The molecule has 0 nitrogen and oxygen atoms in total. The second kappa shape index (κ2) is 7.55. The maximum atomic E-state index is 2.48. The van der Waals surface area contributed by atoms with Gasteiger partial charge in [-0.25, -0.2) is 0 Å². The van der Waals surface area contributed by atoms with Crippen LogP contribution in [0.1, 0.15) is 42.4 Å². The summed E-state index contributed by atoms with van der Waals surface area (Å²) in [5, 5.41) is 2.81. The molecule has 3 aromatic carbocycles. The third kappa shape index (κ3) is 3.26. The van der Waals surface area contributed by atoms with Crippen LogP contribution >= 0.6 is 0 Å². The zero-order chi connectivity index (χ0) is 19.1. The molecule has 0 aliphatic heterocycles. The van der Waals surface area contributed by atoms with Crippen molar-refractivity contribution in [2.24, 2.45) is 0 Å². The van der Waals surface area contributed by atoms with E-state index in [1.807, 2.05) is 0 Å². The number of rotatable bonds is 2. The number of hydrogen-bond donors (Lipinski definition) is 0. The maximum absolute atomic E-state index is 2.48. The van der Waals surface area contributed by atoms with Crippen LogP contribution in [0, 0.1) is 0 Å². The fraction of sp³-hybridized carbons (Fsp3) is 0.259. The van der Waals surface area contributed by atoms with E-state index in [-0.39, 0.29) is 0 Å². The molecule has 0 unspecified atom stereocenters. The van der Waals surface area contributed by atoms with Gasteiger partial charge in [0.2, 0.25) is 0 Å². The zero-order valence-electron chi connectivity index (χ0n) is 16.9. The van der Waals surface area contributed by atoms with Crippen molar-refractivity contribution in [3.63, 3.8) is 0 Å². The number of allylic oxidation sites excluding steroid dienone is 3. The Morgan fingerprint density at radius 3 is 2.32 bits per heavy atom. The molecule has 1 radical (unpaired) electrons. The summed E-state index contributed by atoms with van der Waals surface area (Å²) in [4.78, 5) is 4.91. The number of hydrogen-bond acceptors (Lipinski definition) is 0. The Kier molecular flexibility index (Phi) is 4.92. The summed E-state index contributed by atoms with van der Waals surface area (Å²) in [6.07, 6.45) is 8.68. The van der Waals surface area contributed by atoms with Crippen molar-refractivity contribution in [3.05, 3.63) is 88.5 Å². The Balaban J connectivity index is 1.65. The molecule has 0 saturated carbocycles. The number of benzene rings is 3. The first-order chi connectivity index (χ1) is 13.7. The standard InChI is InChI=1S/C25H21.2CH3.Sn/c1-2-8-18(9-3-1)16-20-17-25-21-11-5-4-10-19(21)14-15-24(25)23-13-7-6-12-22(20)23;;;/h2-5,8-11,14-16H,6-7,12-13,17H2;2*1H3;. The van der Waals surface area contributed by atoms with Crippen molar-refractivity contribution in [1.29, 1.82) is 0 Å². The van der Waals surface area contributed by atoms with E-state index in [1.165, 1.54) is 47.6 Å². The van der Waals surface area contributed by atoms with Crippen molar-refractivity contribution in [2.45, 2.75) is 42.0 Å². The molecule has 0 N–H and O–H groups in total. The SMILES string of the molecule is [CH3][Sn]([CH3])[c]1ccc(C=C2Cc3c(ccc4ccccc34)C3=C2CCCC3)cc1. The van der Waals surface area contributed by atoms with Gasteiger partial charge >= 0.3 is 176 Å². The summed E-state index contributed by atoms with van der Waals surface area (Å²) in [5.41, 5.74) is 9.25. The molecule has 139 valence electrons. The van der Waals surface area contributed by atoms with Crippen LogP contribution in [0.25, 0.3) is 22.4 Å². The van der Waals surface area contributed by atoms with Crippen LogP contribution in [0.5, 0.6) is 0 Å². The van der Waals surface area contributed by atoms with Crippen LogP contribution in [-0.4, -0.2) is 19.8 Å². The van der Waals surface area contributed by atoms with Gasteiger partial charge in [0.05, 0.1) is 0 Å². The first-order valence-corrected chi connectivity index (χ1v) is 17.7. The van der Waals surface area contributed by atoms with E-state index in [1.54, 1.807) is 25.9 Å². The quantitative estimate of drug-likeness (QED) is 0.363. The van der Waals surface area contributed by atoms with Crippen molar-refractivity contribution in [3.8, 4) is 0 Å². The molecule has 0 saturated heterocycles. The van der Waals surface area contributed by atoms with Crippen LogP contribution in [0.15, 0.2) is 71.8 Å². The van der Waals surface area contributed by atoms with Gasteiger partial charge in [-0.2, -0.15) is 0 Å². The van der Waals surface area contributed by atoms with Gasteiger partial charge in [0.25, 0.3) is 0 Å². The third-order valence-electron chi connectivity index (χ3n) is 6.42. The van der Waals surface area contributed by atoms with Crippen molar-refractivity contribution >= 4 is 45.8 Å². The summed E-state index contributed by atoms with van der Waals surface area (Å²) >= 11 is -1.27. The molecule has 0 fully saturated rings. The van der Waals surface area contributed by atoms with E-state index in [2.05, 4.69) is 76.6 Å². The van der Waals surface area contributed by atoms with Crippen LogP contribution in [0.3, 0.4) is 0 Å². The fourth-order valence-electron chi connectivity index (χ4n) is 4.92. The summed E-state index contributed by atoms with van der Waals surface area (Å²) < 4.78 is 1.61. The number of fused-ring (bicyclic) bond motifs is 4. The molecule has 0 amide bonds. The van der Waals surface area contributed by atoms with Gasteiger partial charge in [-0.3, -0.25) is 0 Å². The Labute approximate surface area is 175 Å². The average Bonchev–Trinajstić information content (AvgIpc) is 2.74. The molecule has 5 rings (SSSR count). The molecule has 2 aliphatic rings. The van der Waals surface area contributed by atoms with E-state index in [0.717, 1.165) is 6.42 Å². The molecule has 0 aromatic heterocycles. The Morgan fingerprint density at radius 2 is 1.54 bits per heavy atom.